The smallest absolute Gasteiger partial charge is 0.383 e. The molecule has 0 bridgehead atoms. The molecule has 5 nitrogen and oxygen atoms in total. The van der Waals surface area contributed by atoms with Crippen molar-refractivity contribution in [3.63, 3.8) is 0 Å². The number of carbonyl (C=O) groups is 1. The molecule has 1 heterocycles. The van der Waals surface area contributed by atoms with E-state index in [1.54, 1.807) is 39.0 Å². The summed E-state index contributed by atoms with van der Waals surface area (Å²) in [5.74, 6) is -0.820. The Kier molecular flexibility index (Phi) is 7.41. The first-order valence-electron chi connectivity index (χ1n) is 9.21. The van der Waals surface area contributed by atoms with Gasteiger partial charge >= 0.3 is 6.18 Å². The van der Waals surface area contributed by atoms with E-state index >= 15 is 0 Å². The van der Waals surface area contributed by atoms with Crippen LogP contribution in [-0.4, -0.2) is 40.2 Å². The van der Waals surface area contributed by atoms with E-state index in [2.05, 4.69) is 10.4 Å². The molecular formula is C20H24F4N4O. The maximum Gasteiger partial charge on any atom is 0.433 e. The van der Waals surface area contributed by atoms with E-state index in [0.29, 0.717) is 29.0 Å². The van der Waals surface area contributed by atoms with Crippen LogP contribution >= 0.6 is 0 Å². The molecule has 1 aromatic heterocycles. The summed E-state index contributed by atoms with van der Waals surface area (Å²) in [5.41, 5.74) is 0.515. The fraction of sp³-hybridized carbons (Fsp3) is 0.400. The van der Waals surface area contributed by atoms with Gasteiger partial charge in [-0.25, -0.2) is 4.39 Å². The average molecular weight is 412 g/mol. The molecule has 0 saturated carbocycles. The van der Waals surface area contributed by atoms with Gasteiger partial charge in [0, 0.05) is 25.3 Å². The van der Waals surface area contributed by atoms with Crippen LogP contribution in [0.4, 0.5) is 23.2 Å². The van der Waals surface area contributed by atoms with Crippen molar-refractivity contribution in [2.24, 2.45) is 0 Å². The second-order valence-electron chi connectivity index (χ2n) is 6.45. The number of rotatable bonds is 8. The molecular weight excluding hydrogens is 388 g/mol. The minimum atomic E-state index is -4.61. The van der Waals surface area contributed by atoms with Gasteiger partial charge in [-0.05, 0) is 56.7 Å². The average Bonchev–Trinajstić information content (AvgIpc) is 3.10. The quantitative estimate of drug-likeness (QED) is 0.653. The molecule has 0 aliphatic heterocycles. The van der Waals surface area contributed by atoms with Gasteiger partial charge in [-0.2, -0.15) is 18.3 Å². The molecule has 1 aromatic carbocycles. The van der Waals surface area contributed by atoms with Crippen LogP contribution < -0.4 is 5.32 Å². The van der Waals surface area contributed by atoms with Gasteiger partial charge in [-0.15, -0.1) is 0 Å². The number of aromatic nitrogens is 2. The molecule has 0 atom stereocenters. The molecule has 0 fully saturated rings. The number of halogens is 4. The molecule has 9 heteroatoms. The van der Waals surface area contributed by atoms with Crippen LogP contribution in [0.15, 0.2) is 36.4 Å². The molecule has 2 rings (SSSR count). The highest BCUT2D eigenvalue weighted by atomic mass is 19.4. The molecule has 0 spiro atoms. The molecule has 0 aliphatic carbocycles. The third-order valence-electron chi connectivity index (χ3n) is 4.48. The minimum absolute atomic E-state index is 0.189. The monoisotopic (exact) mass is 412 g/mol. The van der Waals surface area contributed by atoms with E-state index in [1.165, 1.54) is 17.0 Å². The molecule has 29 heavy (non-hydrogen) atoms. The number of alkyl halides is 3. The van der Waals surface area contributed by atoms with Crippen molar-refractivity contribution in [3.05, 3.63) is 53.6 Å². The molecule has 158 valence electrons. The van der Waals surface area contributed by atoms with E-state index in [9.17, 15) is 22.4 Å². The molecule has 1 amide bonds. The van der Waals surface area contributed by atoms with Crippen molar-refractivity contribution >= 4 is 17.2 Å². The van der Waals surface area contributed by atoms with Crippen LogP contribution in [0.1, 0.15) is 32.2 Å². The Hall–Kier alpha value is -2.84. The molecule has 1 N–H and O–H groups in total. The second kappa shape index (κ2) is 9.58. The van der Waals surface area contributed by atoms with Gasteiger partial charge in [0.25, 0.3) is 0 Å². The SMILES string of the molecule is C/C=C(/C)c1cc(C(F)(F)F)n(CC(=O)N(CC)CCNc2ccc(F)cc2)n1. The summed E-state index contributed by atoms with van der Waals surface area (Å²) in [7, 11) is 0. The zero-order valence-corrected chi connectivity index (χ0v) is 16.6. The lowest BCUT2D eigenvalue weighted by Crippen LogP contribution is -2.38. The van der Waals surface area contributed by atoms with Crippen molar-refractivity contribution in [3.8, 4) is 0 Å². The number of nitrogens with zero attached hydrogens (tertiary/aromatic N) is 3. The first kappa shape index (κ1) is 22.4. The highest BCUT2D eigenvalue weighted by Crippen LogP contribution is 2.31. The van der Waals surface area contributed by atoms with Crippen molar-refractivity contribution < 1.29 is 22.4 Å². The third-order valence-corrected chi connectivity index (χ3v) is 4.48. The zero-order chi connectivity index (χ0) is 21.6. The molecule has 2 aromatic rings. The molecule has 0 radical (unpaired) electrons. The summed E-state index contributed by atoms with van der Waals surface area (Å²) < 4.78 is 53.6. The van der Waals surface area contributed by atoms with Gasteiger partial charge in [0.1, 0.15) is 18.1 Å². The maximum atomic E-state index is 13.3. The Morgan fingerprint density at radius 2 is 1.93 bits per heavy atom. The number of allylic oxidation sites excluding steroid dienone is 2. The Balaban J connectivity index is 2.06. The normalized spacial score (nSPS) is 12.2. The molecule has 0 saturated heterocycles. The van der Waals surface area contributed by atoms with Crippen LogP contribution in [0.25, 0.3) is 5.57 Å². The summed E-state index contributed by atoms with van der Waals surface area (Å²) in [4.78, 5) is 14.0. The van der Waals surface area contributed by atoms with Crippen molar-refractivity contribution in [1.82, 2.24) is 14.7 Å². The van der Waals surface area contributed by atoms with Gasteiger partial charge in [-0.1, -0.05) is 6.08 Å². The van der Waals surface area contributed by atoms with Crippen LogP contribution in [-0.2, 0) is 17.5 Å². The summed E-state index contributed by atoms with van der Waals surface area (Å²) in [6.45, 7) is 5.62. The van der Waals surface area contributed by atoms with Crippen molar-refractivity contribution in [1.29, 1.82) is 0 Å². The summed E-state index contributed by atoms with van der Waals surface area (Å²) >= 11 is 0. The predicted molar refractivity (Wildman–Crippen MR) is 104 cm³/mol. The standard InChI is InChI=1S/C20H24F4N4O/c1-4-14(3)17-12-18(20(22,23)24)28(26-17)13-19(29)27(5-2)11-10-25-16-8-6-15(21)7-9-16/h4,6-9,12,25H,5,10-11,13H2,1-3H3/b14-4-. The number of carbonyl (C=O) groups excluding carboxylic acids is 1. The lowest BCUT2D eigenvalue weighted by atomic mass is 10.2. The van der Waals surface area contributed by atoms with Crippen LogP contribution in [0.5, 0.6) is 0 Å². The Morgan fingerprint density at radius 3 is 2.48 bits per heavy atom. The van der Waals surface area contributed by atoms with Crippen LogP contribution in [0.3, 0.4) is 0 Å². The summed E-state index contributed by atoms with van der Waals surface area (Å²) in [6, 6.07) is 6.71. The van der Waals surface area contributed by atoms with E-state index in [4.69, 9.17) is 0 Å². The fourth-order valence-electron chi connectivity index (χ4n) is 2.70. The van der Waals surface area contributed by atoms with Gasteiger partial charge < -0.3 is 10.2 Å². The second-order valence-corrected chi connectivity index (χ2v) is 6.45. The maximum absolute atomic E-state index is 13.3. The number of anilines is 1. The minimum Gasteiger partial charge on any atom is -0.383 e. The highest BCUT2D eigenvalue weighted by Gasteiger charge is 2.36. The predicted octanol–water partition coefficient (Wildman–Crippen LogP) is 4.42. The van der Waals surface area contributed by atoms with Crippen molar-refractivity contribution in [2.45, 2.75) is 33.5 Å². The van der Waals surface area contributed by atoms with Crippen molar-refractivity contribution in [2.75, 3.05) is 25.0 Å². The van der Waals surface area contributed by atoms with E-state index in [1.807, 2.05) is 0 Å². The summed E-state index contributed by atoms with van der Waals surface area (Å²) in [6.07, 6.45) is -2.95. The number of likely N-dealkylation sites (N-methyl/N-ethyl adjacent to an activating group) is 1. The Bertz CT molecular complexity index is 856. The number of nitrogens with one attached hydrogen (secondary N) is 1. The lowest BCUT2D eigenvalue weighted by molar-refractivity contribution is -0.145. The fourth-order valence-corrected chi connectivity index (χ4v) is 2.70. The van der Waals surface area contributed by atoms with E-state index < -0.39 is 24.3 Å². The third kappa shape index (κ3) is 6.07. The molecule has 0 aliphatic rings. The zero-order valence-electron chi connectivity index (χ0n) is 16.6. The van der Waals surface area contributed by atoms with Crippen LogP contribution in [0.2, 0.25) is 0 Å². The highest BCUT2D eigenvalue weighted by molar-refractivity contribution is 5.76. The Morgan fingerprint density at radius 1 is 1.28 bits per heavy atom. The van der Waals surface area contributed by atoms with Gasteiger partial charge in [0.2, 0.25) is 5.91 Å². The summed E-state index contributed by atoms with van der Waals surface area (Å²) in [5, 5.41) is 7.02. The largest absolute Gasteiger partial charge is 0.433 e. The van der Waals surface area contributed by atoms with E-state index in [-0.39, 0.29) is 18.1 Å². The number of benzene rings is 1. The number of hydrogen-bond donors (Lipinski definition) is 1. The van der Waals surface area contributed by atoms with Gasteiger partial charge in [0.15, 0.2) is 0 Å². The Labute approximate surface area is 167 Å². The lowest BCUT2D eigenvalue weighted by Gasteiger charge is -2.22. The number of amides is 1. The van der Waals surface area contributed by atoms with Gasteiger partial charge in [-0.3, -0.25) is 9.48 Å². The first-order chi connectivity index (χ1) is 13.7. The number of hydrogen-bond acceptors (Lipinski definition) is 3. The van der Waals surface area contributed by atoms with Crippen LogP contribution in [0, 0.1) is 5.82 Å². The molecule has 0 unspecified atom stereocenters. The van der Waals surface area contributed by atoms with Gasteiger partial charge in [0.05, 0.1) is 5.69 Å². The first-order valence-corrected chi connectivity index (χ1v) is 9.21. The topological polar surface area (TPSA) is 50.2 Å². The van der Waals surface area contributed by atoms with E-state index in [0.717, 1.165) is 6.07 Å².